The van der Waals surface area contributed by atoms with Crippen LogP contribution in [0.25, 0.3) is 0 Å². The number of carboxylic acid groups (broad SMARTS) is 1. The number of unbranched alkanes of at least 4 members (excludes halogenated alkanes) is 1. The van der Waals surface area contributed by atoms with E-state index < -0.39 is 17.9 Å². The molecule has 8 heteroatoms. The number of carboxylic acids is 1. The van der Waals surface area contributed by atoms with Gasteiger partial charge in [-0.3, -0.25) is 9.59 Å². The van der Waals surface area contributed by atoms with Crippen LogP contribution >= 0.6 is 0 Å². The molecule has 2 aromatic rings. The second-order valence-electron chi connectivity index (χ2n) is 7.26. The van der Waals surface area contributed by atoms with Crippen LogP contribution in [-0.4, -0.2) is 48.7 Å². The predicted molar refractivity (Wildman–Crippen MR) is 119 cm³/mol. The minimum atomic E-state index is -1.10. The first-order valence-corrected chi connectivity index (χ1v) is 10.6. The molecule has 1 atom stereocenters. The molecule has 172 valence electrons. The summed E-state index contributed by atoms with van der Waals surface area (Å²) < 4.78 is 10.7. The molecule has 3 N–H and O–H groups in total. The van der Waals surface area contributed by atoms with Gasteiger partial charge in [-0.1, -0.05) is 60.7 Å². The van der Waals surface area contributed by atoms with Gasteiger partial charge in [-0.05, 0) is 30.4 Å². The van der Waals surface area contributed by atoms with E-state index in [4.69, 9.17) is 9.47 Å². The molecular weight excluding hydrogens is 412 g/mol. The normalized spacial score (nSPS) is 11.5. The molecule has 2 aromatic carbocycles. The lowest BCUT2D eigenvalue weighted by atomic mass is 10.1. The van der Waals surface area contributed by atoms with Crippen LogP contribution in [-0.2, 0) is 37.1 Å². The number of carbonyl (C=O) groups is 3. The fraction of sp³-hybridized carbons (Fsp3) is 0.375. The Kier molecular flexibility index (Phi) is 11.5. The number of hydrogen-bond donors (Lipinski definition) is 3. The van der Waals surface area contributed by atoms with Crippen LogP contribution in [0.1, 0.15) is 30.4 Å². The van der Waals surface area contributed by atoms with E-state index in [0.29, 0.717) is 26.0 Å². The number of amides is 2. The van der Waals surface area contributed by atoms with Gasteiger partial charge in [0.15, 0.2) is 0 Å². The summed E-state index contributed by atoms with van der Waals surface area (Å²) in [6.45, 7) is 0.807. The number of rotatable bonds is 15. The van der Waals surface area contributed by atoms with E-state index in [9.17, 15) is 19.5 Å². The van der Waals surface area contributed by atoms with Gasteiger partial charge in [-0.2, -0.15) is 0 Å². The highest BCUT2D eigenvalue weighted by molar-refractivity contribution is 5.84. The van der Waals surface area contributed by atoms with Crippen LogP contribution in [0.4, 0.5) is 0 Å². The summed E-state index contributed by atoms with van der Waals surface area (Å²) in [6, 6.07) is 18.0. The van der Waals surface area contributed by atoms with Crippen molar-refractivity contribution in [2.75, 3.05) is 19.8 Å². The highest BCUT2D eigenvalue weighted by Gasteiger charge is 2.19. The number of carbonyl (C=O) groups excluding carboxylic acids is 2. The maximum Gasteiger partial charge on any atom is 0.326 e. The molecular formula is C24H30N2O6. The van der Waals surface area contributed by atoms with Crippen molar-refractivity contribution in [3.63, 3.8) is 0 Å². The molecule has 0 aliphatic heterocycles. The molecule has 0 radical (unpaired) electrons. The molecule has 0 heterocycles. The third-order valence-corrected chi connectivity index (χ3v) is 4.56. The van der Waals surface area contributed by atoms with Crippen LogP contribution in [0, 0.1) is 0 Å². The fourth-order valence-corrected chi connectivity index (χ4v) is 2.92. The first-order valence-electron chi connectivity index (χ1n) is 10.6. The van der Waals surface area contributed by atoms with Crippen molar-refractivity contribution in [3.05, 3.63) is 71.8 Å². The van der Waals surface area contributed by atoms with Crippen molar-refractivity contribution in [2.45, 2.75) is 38.5 Å². The summed E-state index contributed by atoms with van der Waals surface area (Å²) in [5.74, 6) is -1.79. The number of nitrogens with one attached hydrogen (secondary N) is 2. The van der Waals surface area contributed by atoms with Gasteiger partial charge in [0.25, 0.3) is 0 Å². The molecule has 1 unspecified atom stereocenters. The standard InChI is InChI=1S/C24H30N2O6/c27-22(17-31-15-19-9-3-1-4-10-19)25-14-8-7-13-21(24(29)30)26-23(28)18-32-16-20-11-5-2-6-12-20/h1-6,9-12,21H,7-8,13-18H2,(H,25,27)(H,26,28)(H,29,30). The van der Waals surface area contributed by atoms with Crippen LogP contribution in [0.15, 0.2) is 60.7 Å². The van der Waals surface area contributed by atoms with Gasteiger partial charge in [0, 0.05) is 6.54 Å². The Labute approximate surface area is 187 Å². The molecule has 0 saturated heterocycles. The van der Waals surface area contributed by atoms with Crippen molar-refractivity contribution in [3.8, 4) is 0 Å². The molecule has 0 aliphatic carbocycles. The van der Waals surface area contributed by atoms with Crippen molar-refractivity contribution in [2.24, 2.45) is 0 Å². The summed E-state index contributed by atoms with van der Waals surface area (Å²) in [5.41, 5.74) is 1.93. The minimum absolute atomic E-state index is 0.0360. The van der Waals surface area contributed by atoms with Gasteiger partial charge >= 0.3 is 5.97 Å². The zero-order valence-electron chi connectivity index (χ0n) is 18.0. The Bertz CT molecular complexity index is 829. The van der Waals surface area contributed by atoms with Gasteiger partial charge < -0.3 is 25.2 Å². The SMILES string of the molecule is O=C(COCc1ccccc1)NCCCCC(NC(=O)COCc1ccccc1)C(=O)O. The maximum absolute atomic E-state index is 12.0. The largest absolute Gasteiger partial charge is 0.480 e. The Morgan fingerprint density at radius 1 is 0.781 bits per heavy atom. The van der Waals surface area contributed by atoms with Gasteiger partial charge in [-0.25, -0.2) is 4.79 Å². The molecule has 0 spiro atoms. The summed E-state index contributed by atoms with van der Waals surface area (Å²) in [6.07, 6.45) is 1.39. The fourth-order valence-electron chi connectivity index (χ4n) is 2.92. The van der Waals surface area contributed by atoms with Gasteiger partial charge in [-0.15, -0.1) is 0 Å². The zero-order valence-corrected chi connectivity index (χ0v) is 18.0. The Balaban J connectivity index is 1.54. The number of aliphatic carboxylic acids is 1. The second-order valence-corrected chi connectivity index (χ2v) is 7.26. The van der Waals surface area contributed by atoms with Gasteiger partial charge in [0.05, 0.1) is 13.2 Å². The average Bonchev–Trinajstić information content (AvgIpc) is 2.79. The van der Waals surface area contributed by atoms with Crippen molar-refractivity contribution in [1.29, 1.82) is 0 Å². The predicted octanol–water partition coefficient (Wildman–Crippen LogP) is 2.28. The number of benzene rings is 2. The van der Waals surface area contributed by atoms with E-state index in [-0.39, 0.29) is 32.1 Å². The lowest BCUT2D eigenvalue weighted by Gasteiger charge is -2.15. The molecule has 0 saturated carbocycles. The third kappa shape index (κ3) is 10.7. The van der Waals surface area contributed by atoms with E-state index >= 15 is 0 Å². The van der Waals surface area contributed by atoms with Gasteiger partial charge in [0.1, 0.15) is 19.3 Å². The second kappa shape index (κ2) is 14.7. The molecule has 2 rings (SSSR count). The maximum atomic E-state index is 12.0. The Morgan fingerprint density at radius 2 is 1.31 bits per heavy atom. The first kappa shape index (κ1) is 25.0. The van der Waals surface area contributed by atoms with E-state index in [2.05, 4.69) is 10.6 Å². The third-order valence-electron chi connectivity index (χ3n) is 4.56. The van der Waals surface area contributed by atoms with Crippen molar-refractivity contribution in [1.82, 2.24) is 10.6 Å². The first-order chi connectivity index (χ1) is 15.5. The summed E-state index contributed by atoms with van der Waals surface area (Å²) in [7, 11) is 0. The van der Waals surface area contributed by atoms with Crippen molar-refractivity contribution >= 4 is 17.8 Å². The molecule has 2 amide bonds. The van der Waals surface area contributed by atoms with Crippen LogP contribution in [0.5, 0.6) is 0 Å². The van der Waals surface area contributed by atoms with Gasteiger partial charge in [0.2, 0.25) is 11.8 Å². The number of hydrogen-bond acceptors (Lipinski definition) is 5. The molecule has 32 heavy (non-hydrogen) atoms. The lowest BCUT2D eigenvalue weighted by molar-refractivity contribution is -0.142. The molecule has 0 aromatic heterocycles. The highest BCUT2D eigenvalue weighted by Crippen LogP contribution is 2.03. The molecule has 0 bridgehead atoms. The van der Waals surface area contributed by atoms with E-state index in [0.717, 1.165) is 11.1 Å². The smallest absolute Gasteiger partial charge is 0.326 e. The lowest BCUT2D eigenvalue weighted by Crippen LogP contribution is -2.42. The van der Waals surface area contributed by atoms with Crippen molar-refractivity contribution < 1.29 is 29.0 Å². The zero-order chi connectivity index (χ0) is 23.0. The van der Waals surface area contributed by atoms with Crippen LogP contribution in [0.2, 0.25) is 0 Å². The molecule has 0 aliphatic rings. The monoisotopic (exact) mass is 442 g/mol. The average molecular weight is 443 g/mol. The number of ether oxygens (including phenoxy) is 2. The van der Waals surface area contributed by atoms with E-state index in [1.807, 2.05) is 60.7 Å². The minimum Gasteiger partial charge on any atom is -0.480 e. The summed E-state index contributed by atoms with van der Waals surface area (Å²) in [5, 5.41) is 14.5. The van der Waals surface area contributed by atoms with Crippen LogP contribution < -0.4 is 10.6 Å². The molecule has 8 nitrogen and oxygen atoms in total. The van der Waals surface area contributed by atoms with E-state index in [1.165, 1.54) is 0 Å². The Morgan fingerprint density at radius 3 is 1.84 bits per heavy atom. The quantitative estimate of drug-likeness (QED) is 0.365. The Hall–Kier alpha value is -3.23. The summed E-state index contributed by atoms with van der Waals surface area (Å²) >= 11 is 0. The summed E-state index contributed by atoms with van der Waals surface area (Å²) in [4.78, 5) is 35.1. The molecule has 0 fully saturated rings. The topological polar surface area (TPSA) is 114 Å². The van der Waals surface area contributed by atoms with Crippen LogP contribution in [0.3, 0.4) is 0 Å². The van der Waals surface area contributed by atoms with E-state index in [1.54, 1.807) is 0 Å². The highest BCUT2D eigenvalue weighted by atomic mass is 16.5.